The van der Waals surface area contributed by atoms with Crippen LogP contribution in [0, 0.1) is 6.85 Å². The van der Waals surface area contributed by atoms with E-state index in [-0.39, 0.29) is 33.8 Å². The number of rotatable bonds is 5. The SMILES string of the molecule is [2H]C([2H])([2H])c1cc2c3c(c1)N(c1ccc4c(c1)C(C)(C)CCC4(C)C)c1cc4c(cc1B3c1ccc(N(c3ccccc3)c3ccccc3)cc1N2c1ccc2c(c1)oc1cc(C(C)(C)C)ccc12)C(C)(C)CCC4(C)C. The summed E-state index contributed by atoms with van der Waals surface area (Å²) in [5.41, 5.74) is 20.9. The first-order chi connectivity index (χ1) is 36.4. The van der Waals surface area contributed by atoms with Gasteiger partial charge >= 0.3 is 0 Å². The van der Waals surface area contributed by atoms with Gasteiger partial charge < -0.3 is 19.1 Å². The molecule has 1 aromatic heterocycles. The molecule has 0 bridgehead atoms. The van der Waals surface area contributed by atoms with E-state index in [4.69, 9.17) is 4.42 Å². The predicted molar refractivity (Wildman–Crippen MR) is 316 cm³/mol. The van der Waals surface area contributed by atoms with Gasteiger partial charge in [0.2, 0.25) is 0 Å². The first-order valence-electron chi connectivity index (χ1n) is 28.5. The molecule has 0 saturated heterocycles. The lowest BCUT2D eigenvalue weighted by atomic mass is 9.33. The zero-order valence-corrected chi connectivity index (χ0v) is 45.2. The van der Waals surface area contributed by atoms with Crippen LogP contribution >= 0.6 is 0 Å². The molecule has 0 N–H and O–H groups in total. The number of aryl methyl sites for hydroxylation is 1. The summed E-state index contributed by atoms with van der Waals surface area (Å²) in [6.45, 7) is 23.3. The molecule has 74 heavy (non-hydrogen) atoms. The van der Waals surface area contributed by atoms with Crippen molar-refractivity contribution in [2.75, 3.05) is 14.7 Å². The molecule has 5 heteroatoms. The van der Waals surface area contributed by atoms with Crippen molar-refractivity contribution in [1.29, 1.82) is 0 Å². The Morgan fingerprint density at radius 3 is 1.58 bits per heavy atom. The van der Waals surface area contributed by atoms with Crippen LogP contribution < -0.4 is 31.1 Å². The van der Waals surface area contributed by atoms with Gasteiger partial charge in [-0.25, -0.2) is 0 Å². The summed E-state index contributed by atoms with van der Waals surface area (Å²) < 4.78 is 34.7. The maximum atomic E-state index is 9.29. The largest absolute Gasteiger partial charge is 0.456 e. The van der Waals surface area contributed by atoms with Crippen LogP contribution in [-0.4, -0.2) is 6.71 Å². The number of hydrogen-bond acceptors (Lipinski definition) is 4. The second-order valence-corrected chi connectivity index (χ2v) is 25.7. The van der Waals surface area contributed by atoms with Crippen LogP contribution in [0.25, 0.3) is 21.9 Å². The smallest absolute Gasteiger partial charge is 0.252 e. The Balaban J connectivity index is 1.14. The first kappa shape index (κ1) is 43.4. The van der Waals surface area contributed by atoms with Gasteiger partial charge in [-0.1, -0.05) is 143 Å². The number of anilines is 9. The minimum Gasteiger partial charge on any atom is -0.456 e. The molecule has 0 spiro atoms. The van der Waals surface area contributed by atoms with Gasteiger partial charge in [0.15, 0.2) is 0 Å². The number of nitrogens with zero attached hydrogens (tertiary/aromatic N) is 3. The van der Waals surface area contributed by atoms with Crippen LogP contribution in [0.1, 0.15) is 139 Å². The number of para-hydroxylation sites is 2. The summed E-state index contributed by atoms with van der Waals surface area (Å²) in [7, 11) is 0. The maximum Gasteiger partial charge on any atom is 0.252 e. The van der Waals surface area contributed by atoms with E-state index in [1.807, 2.05) is 12.1 Å². The second kappa shape index (κ2) is 16.0. The van der Waals surface area contributed by atoms with E-state index in [2.05, 4.69) is 236 Å². The van der Waals surface area contributed by atoms with Gasteiger partial charge in [-0.15, -0.1) is 0 Å². The summed E-state index contributed by atoms with van der Waals surface area (Å²) in [4.78, 5) is 7.12. The van der Waals surface area contributed by atoms with Crippen molar-refractivity contribution < 1.29 is 8.53 Å². The van der Waals surface area contributed by atoms with Crippen molar-refractivity contribution >= 4 is 96.2 Å². The van der Waals surface area contributed by atoms with Gasteiger partial charge in [0, 0.05) is 72.1 Å². The summed E-state index contributed by atoms with van der Waals surface area (Å²) in [6.07, 6.45) is 4.37. The zero-order valence-electron chi connectivity index (χ0n) is 48.2. The fourth-order valence-corrected chi connectivity index (χ4v) is 13.4. The van der Waals surface area contributed by atoms with E-state index in [1.165, 1.54) is 33.3 Å². The topological polar surface area (TPSA) is 22.9 Å². The van der Waals surface area contributed by atoms with Gasteiger partial charge in [-0.05, 0) is 194 Å². The van der Waals surface area contributed by atoms with Crippen LogP contribution in [-0.2, 0) is 27.1 Å². The molecule has 0 amide bonds. The molecule has 0 atom stereocenters. The molecule has 0 unspecified atom stereocenters. The molecule has 3 heterocycles. The van der Waals surface area contributed by atoms with E-state index in [9.17, 15) is 4.11 Å². The Bertz CT molecular complexity index is 3840. The quantitative estimate of drug-likeness (QED) is 0.160. The van der Waals surface area contributed by atoms with E-state index < -0.39 is 6.85 Å². The highest BCUT2D eigenvalue weighted by atomic mass is 16.3. The molecule has 9 aromatic rings. The van der Waals surface area contributed by atoms with Crippen molar-refractivity contribution in [2.45, 2.75) is 136 Å². The van der Waals surface area contributed by atoms with E-state index in [1.54, 1.807) is 0 Å². The number of benzene rings is 8. The van der Waals surface area contributed by atoms with Crippen LogP contribution in [0.4, 0.5) is 51.2 Å². The lowest BCUT2D eigenvalue weighted by molar-refractivity contribution is 0.332. The summed E-state index contributed by atoms with van der Waals surface area (Å²) in [6, 6.07) is 57.5. The monoisotopic (exact) mass is 971 g/mol. The van der Waals surface area contributed by atoms with Crippen LogP contribution in [0.3, 0.4) is 0 Å². The van der Waals surface area contributed by atoms with Crippen molar-refractivity contribution in [3.05, 3.63) is 191 Å². The lowest BCUT2D eigenvalue weighted by Crippen LogP contribution is -2.62. The minimum atomic E-state index is -2.42. The van der Waals surface area contributed by atoms with E-state index in [0.717, 1.165) is 110 Å². The van der Waals surface area contributed by atoms with Gasteiger partial charge in [-0.2, -0.15) is 0 Å². The van der Waals surface area contributed by atoms with Gasteiger partial charge in [0.05, 0.1) is 0 Å². The number of hydrogen-bond donors (Lipinski definition) is 0. The lowest BCUT2D eigenvalue weighted by Gasteiger charge is -2.48. The van der Waals surface area contributed by atoms with Crippen LogP contribution in [0.15, 0.2) is 162 Å². The third kappa shape index (κ3) is 7.15. The van der Waals surface area contributed by atoms with Crippen molar-refractivity contribution in [1.82, 2.24) is 0 Å². The van der Waals surface area contributed by atoms with Gasteiger partial charge in [-0.3, -0.25) is 0 Å². The summed E-state index contributed by atoms with van der Waals surface area (Å²) >= 11 is 0. The molecule has 2 aliphatic heterocycles. The van der Waals surface area contributed by atoms with Crippen molar-refractivity contribution in [3.8, 4) is 0 Å². The Morgan fingerprint density at radius 1 is 0.473 bits per heavy atom. The third-order valence-corrected chi connectivity index (χ3v) is 18.0. The van der Waals surface area contributed by atoms with Gasteiger partial charge in [0.25, 0.3) is 6.71 Å². The van der Waals surface area contributed by atoms with Crippen LogP contribution in [0.2, 0.25) is 0 Å². The molecule has 0 saturated carbocycles. The molecular formula is C69H70BN3O. The Kier molecular flexibility index (Phi) is 9.40. The molecule has 2 aliphatic carbocycles. The normalized spacial score (nSPS) is 18.4. The molecule has 0 fully saturated rings. The van der Waals surface area contributed by atoms with Gasteiger partial charge in [0.1, 0.15) is 11.2 Å². The molecule has 8 aromatic carbocycles. The number of furan rings is 1. The maximum absolute atomic E-state index is 9.29. The Hall–Kier alpha value is -6.98. The molecule has 4 nitrogen and oxygen atoms in total. The highest BCUT2D eigenvalue weighted by Crippen LogP contribution is 2.53. The third-order valence-electron chi connectivity index (χ3n) is 18.0. The molecular weight excluding hydrogens is 898 g/mol. The average Bonchev–Trinajstić information content (AvgIpc) is 3.95. The van der Waals surface area contributed by atoms with Crippen molar-refractivity contribution in [3.63, 3.8) is 0 Å². The van der Waals surface area contributed by atoms with E-state index in [0.29, 0.717) is 5.56 Å². The molecule has 13 rings (SSSR count). The Morgan fingerprint density at radius 2 is 0.986 bits per heavy atom. The van der Waals surface area contributed by atoms with Crippen LogP contribution in [0.5, 0.6) is 0 Å². The summed E-state index contributed by atoms with van der Waals surface area (Å²) in [5, 5.41) is 2.11. The molecule has 370 valence electrons. The fraction of sp³-hybridized carbons (Fsp3) is 0.304. The van der Waals surface area contributed by atoms with Crippen molar-refractivity contribution in [2.24, 2.45) is 0 Å². The minimum absolute atomic E-state index is 0.0266. The summed E-state index contributed by atoms with van der Waals surface area (Å²) in [5.74, 6) is 0. The Labute approximate surface area is 444 Å². The standard InChI is InChI=1S/C69H70BN3O/c1-43-35-60-64-61(36-43)73(49-24-28-51-50-27-23-44(65(2,3)4)37-62(50)74-63(51)40-49)58-39-48(71(45-19-15-13-16-20-45)46-21-17-14-18-22-46)26-30-56(58)70(64)57-41-54-55(69(11,12)34-33-68(54,9)10)42-59(57)72(60)47-25-29-52-53(38-47)67(7,8)32-31-66(52,5)6/h13-30,35-42H,31-34H2,1-12H3/i1D3. The highest BCUT2D eigenvalue weighted by molar-refractivity contribution is 7.00. The zero-order chi connectivity index (χ0) is 53.9. The first-order valence-corrected chi connectivity index (χ1v) is 27.0. The van der Waals surface area contributed by atoms with E-state index >= 15 is 0 Å². The predicted octanol–water partition coefficient (Wildman–Crippen LogP) is 17.4. The molecule has 4 aliphatic rings. The average molecular weight is 971 g/mol. The number of fused-ring (bicyclic) bond motifs is 9. The second-order valence-electron chi connectivity index (χ2n) is 25.7. The highest BCUT2D eigenvalue weighted by Gasteiger charge is 2.47. The molecule has 0 radical (unpaired) electrons. The fourth-order valence-electron chi connectivity index (χ4n) is 13.4.